The van der Waals surface area contributed by atoms with E-state index in [4.69, 9.17) is 5.11 Å². The van der Waals surface area contributed by atoms with Crippen molar-refractivity contribution in [3.63, 3.8) is 0 Å². The van der Waals surface area contributed by atoms with Crippen molar-refractivity contribution in [1.82, 2.24) is 10.3 Å². The molecule has 2 aromatic heterocycles. The molecule has 2 heterocycles. The molecule has 5 heteroatoms. The maximum atomic E-state index is 8.81. The van der Waals surface area contributed by atoms with Crippen LogP contribution in [0.3, 0.4) is 0 Å². The fourth-order valence-electron chi connectivity index (χ4n) is 1.48. The fraction of sp³-hybridized carbons (Fsp3) is 0.417. The van der Waals surface area contributed by atoms with E-state index in [-0.39, 0.29) is 6.61 Å². The Hall–Kier alpha value is -0.750. The molecule has 3 nitrogen and oxygen atoms in total. The Morgan fingerprint density at radius 1 is 1.53 bits per heavy atom. The Balaban J connectivity index is 1.91. The van der Waals surface area contributed by atoms with Crippen LogP contribution in [-0.2, 0) is 6.54 Å². The third-order valence-corrected chi connectivity index (χ3v) is 4.24. The number of nitrogens with zero attached hydrogens (tertiary/aromatic N) is 1. The number of thiazole rings is 1. The van der Waals surface area contributed by atoms with Crippen LogP contribution >= 0.6 is 22.7 Å². The van der Waals surface area contributed by atoms with E-state index < -0.39 is 0 Å². The van der Waals surface area contributed by atoms with Gasteiger partial charge in [-0.25, -0.2) is 4.98 Å². The summed E-state index contributed by atoms with van der Waals surface area (Å²) < 4.78 is 0. The summed E-state index contributed by atoms with van der Waals surface area (Å²) in [5.41, 5.74) is 1.20. The smallest absolute Gasteiger partial charge is 0.124 e. The molecule has 92 valence electrons. The highest BCUT2D eigenvalue weighted by Gasteiger charge is 2.06. The lowest BCUT2D eigenvalue weighted by atomic mass is 10.2. The molecule has 2 N–H and O–H groups in total. The highest BCUT2D eigenvalue weighted by molar-refractivity contribution is 7.15. The molecule has 0 saturated heterocycles. The van der Waals surface area contributed by atoms with Crippen LogP contribution in [0.15, 0.2) is 23.0 Å². The first-order valence-corrected chi connectivity index (χ1v) is 7.37. The first-order valence-electron chi connectivity index (χ1n) is 5.61. The van der Waals surface area contributed by atoms with Crippen molar-refractivity contribution >= 4 is 22.7 Å². The second kappa shape index (κ2) is 6.26. The third-order valence-electron chi connectivity index (χ3n) is 2.51. The fourth-order valence-corrected chi connectivity index (χ4v) is 3.05. The van der Waals surface area contributed by atoms with Crippen LogP contribution in [0.1, 0.15) is 18.2 Å². The number of thiophene rings is 1. The molecule has 0 spiro atoms. The van der Waals surface area contributed by atoms with Gasteiger partial charge < -0.3 is 10.4 Å². The summed E-state index contributed by atoms with van der Waals surface area (Å²) in [7, 11) is 0. The van der Waals surface area contributed by atoms with Gasteiger partial charge in [0.15, 0.2) is 0 Å². The molecule has 0 aliphatic rings. The minimum atomic E-state index is 0.233. The van der Waals surface area contributed by atoms with Gasteiger partial charge in [0.05, 0.1) is 0 Å². The first-order chi connectivity index (χ1) is 8.29. The van der Waals surface area contributed by atoms with Crippen LogP contribution in [-0.4, -0.2) is 22.7 Å². The molecule has 2 aromatic rings. The highest BCUT2D eigenvalue weighted by atomic mass is 32.1. The van der Waals surface area contributed by atoms with Gasteiger partial charge in [-0.1, -0.05) is 0 Å². The topological polar surface area (TPSA) is 45.1 Å². The molecule has 0 amide bonds. The molecule has 1 atom stereocenters. The van der Waals surface area contributed by atoms with Crippen molar-refractivity contribution in [1.29, 1.82) is 0 Å². The van der Waals surface area contributed by atoms with Crippen molar-refractivity contribution in [3.05, 3.63) is 27.9 Å². The summed E-state index contributed by atoms with van der Waals surface area (Å²) in [6.45, 7) is 3.14. The van der Waals surface area contributed by atoms with E-state index in [1.807, 2.05) is 6.20 Å². The molecule has 0 aliphatic carbocycles. The Bertz CT molecular complexity index is 439. The number of hydrogen-bond donors (Lipinski definition) is 2. The Kier molecular flexibility index (Phi) is 4.67. The maximum absolute atomic E-state index is 8.81. The second-order valence-corrected chi connectivity index (χ2v) is 5.83. The summed E-state index contributed by atoms with van der Waals surface area (Å²) in [6, 6.07) is 2.43. The summed E-state index contributed by atoms with van der Waals surface area (Å²) in [5, 5.41) is 17.5. The Morgan fingerprint density at radius 2 is 2.41 bits per heavy atom. The quantitative estimate of drug-likeness (QED) is 0.846. The van der Waals surface area contributed by atoms with Crippen LogP contribution in [0.5, 0.6) is 0 Å². The maximum Gasteiger partial charge on any atom is 0.124 e. The van der Waals surface area contributed by atoms with Gasteiger partial charge in [-0.3, -0.25) is 0 Å². The van der Waals surface area contributed by atoms with Gasteiger partial charge in [0.25, 0.3) is 0 Å². The average Bonchev–Trinajstić information content (AvgIpc) is 2.97. The van der Waals surface area contributed by atoms with Gasteiger partial charge in [-0.2, -0.15) is 11.3 Å². The molecule has 2 rings (SSSR count). The van der Waals surface area contributed by atoms with Gasteiger partial charge in [0.1, 0.15) is 5.01 Å². The molecule has 0 bridgehead atoms. The monoisotopic (exact) mass is 268 g/mol. The molecule has 0 radical (unpaired) electrons. The van der Waals surface area contributed by atoms with E-state index in [0.29, 0.717) is 6.04 Å². The molecular weight excluding hydrogens is 252 g/mol. The second-order valence-electron chi connectivity index (χ2n) is 3.94. The number of aliphatic hydroxyl groups is 1. The van der Waals surface area contributed by atoms with Crippen LogP contribution < -0.4 is 5.32 Å². The van der Waals surface area contributed by atoms with Crippen LogP contribution in [0.2, 0.25) is 0 Å². The minimum absolute atomic E-state index is 0.233. The van der Waals surface area contributed by atoms with Crippen LogP contribution in [0, 0.1) is 0 Å². The third kappa shape index (κ3) is 3.61. The summed E-state index contributed by atoms with van der Waals surface area (Å²) in [5.74, 6) is 0. The van der Waals surface area contributed by atoms with Gasteiger partial charge >= 0.3 is 0 Å². The number of aliphatic hydroxyl groups excluding tert-OH is 1. The number of nitrogens with one attached hydrogen (secondary N) is 1. The zero-order valence-electron chi connectivity index (χ0n) is 9.72. The van der Waals surface area contributed by atoms with Gasteiger partial charge in [-0.15, -0.1) is 11.3 Å². The lowest BCUT2D eigenvalue weighted by Gasteiger charge is -2.10. The Morgan fingerprint density at radius 3 is 3.12 bits per heavy atom. The lowest BCUT2D eigenvalue weighted by molar-refractivity contribution is 0.269. The standard InChI is InChI=1S/C12H16N2OS2/c1-9(2-4-15)13-6-11-7-14-12(17-11)10-3-5-16-8-10/h3,5,7-9,13,15H,2,4,6H2,1H3. The predicted octanol–water partition coefficient (Wildman–Crippen LogP) is 2.73. The average molecular weight is 268 g/mol. The first kappa shape index (κ1) is 12.7. The van der Waals surface area contributed by atoms with Gasteiger partial charge in [-0.05, 0) is 24.8 Å². The normalized spacial score (nSPS) is 12.8. The minimum Gasteiger partial charge on any atom is -0.396 e. The largest absolute Gasteiger partial charge is 0.396 e. The zero-order valence-corrected chi connectivity index (χ0v) is 11.4. The summed E-state index contributed by atoms with van der Waals surface area (Å²) >= 11 is 3.41. The molecule has 17 heavy (non-hydrogen) atoms. The van der Waals surface area contributed by atoms with Crippen molar-refractivity contribution in [3.8, 4) is 10.6 Å². The molecule has 0 fully saturated rings. The molecule has 0 aromatic carbocycles. The van der Waals surface area contributed by atoms with E-state index in [1.165, 1.54) is 10.4 Å². The lowest BCUT2D eigenvalue weighted by Crippen LogP contribution is -2.25. The molecule has 0 aliphatic heterocycles. The Labute approximate surface area is 109 Å². The van der Waals surface area contributed by atoms with Crippen molar-refractivity contribution < 1.29 is 5.11 Å². The summed E-state index contributed by atoms with van der Waals surface area (Å²) in [4.78, 5) is 5.65. The van der Waals surface area contributed by atoms with E-state index in [0.717, 1.165) is 18.0 Å². The molecular formula is C12H16N2OS2. The molecule has 0 saturated carbocycles. The zero-order chi connectivity index (χ0) is 12.1. The molecule has 1 unspecified atom stereocenters. The van der Waals surface area contributed by atoms with Crippen molar-refractivity contribution in [2.75, 3.05) is 6.61 Å². The van der Waals surface area contributed by atoms with Gasteiger partial charge in [0, 0.05) is 41.2 Å². The van der Waals surface area contributed by atoms with E-state index in [9.17, 15) is 0 Å². The van der Waals surface area contributed by atoms with Crippen LogP contribution in [0.4, 0.5) is 0 Å². The summed E-state index contributed by atoms with van der Waals surface area (Å²) in [6.07, 6.45) is 2.71. The number of aromatic nitrogens is 1. The van der Waals surface area contributed by atoms with E-state index in [2.05, 4.69) is 34.1 Å². The van der Waals surface area contributed by atoms with E-state index >= 15 is 0 Å². The van der Waals surface area contributed by atoms with Crippen molar-refractivity contribution in [2.45, 2.75) is 25.9 Å². The highest BCUT2D eigenvalue weighted by Crippen LogP contribution is 2.26. The predicted molar refractivity (Wildman–Crippen MR) is 73.4 cm³/mol. The number of hydrogen-bond acceptors (Lipinski definition) is 5. The van der Waals surface area contributed by atoms with E-state index in [1.54, 1.807) is 22.7 Å². The SMILES string of the molecule is CC(CCO)NCc1cnc(-c2ccsc2)s1. The van der Waals surface area contributed by atoms with Crippen molar-refractivity contribution in [2.24, 2.45) is 0 Å². The number of rotatable bonds is 6. The van der Waals surface area contributed by atoms with Crippen LogP contribution in [0.25, 0.3) is 10.6 Å². The van der Waals surface area contributed by atoms with Gasteiger partial charge in [0.2, 0.25) is 0 Å².